The van der Waals surface area contributed by atoms with Crippen LogP contribution in [0.2, 0.25) is 10.0 Å². The van der Waals surface area contributed by atoms with Gasteiger partial charge < -0.3 is 19.1 Å². The number of halogens is 3. The molecule has 3 rings (SSSR count). The minimum Gasteiger partial charge on any atom is -0.493 e. The first kappa shape index (κ1) is 26.3. The van der Waals surface area contributed by atoms with Gasteiger partial charge in [0.2, 0.25) is 0 Å². The number of fused-ring (bicyclic) bond motifs is 1. The van der Waals surface area contributed by atoms with Crippen molar-refractivity contribution in [2.45, 2.75) is 0 Å². The number of carbonyl (C=O) groups is 1. The lowest BCUT2D eigenvalue weighted by atomic mass is 10.3. The topological polar surface area (TPSA) is 64.1 Å². The monoisotopic (exact) mass is 519 g/mol. The molecule has 0 radical (unpaired) electrons. The molecule has 0 fully saturated rings. The van der Waals surface area contributed by atoms with Gasteiger partial charge in [-0.2, -0.15) is 0 Å². The SMILES string of the molecule is COc1cc2nc(N(CCN(C)C)C(=O)COc3ccc(Cl)cc3Cl)sc2cc1OC.Cl. The van der Waals surface area contributed by atoms with Crippen LogP contribution in [0.1, 0.15) is 0 Å². The fraction of sp³-hybridized carbons (Fsp3) is 0.333. The molecule has 0 aliphatic rings. The van der Waals surface area contributed by atoms with Crippen LogP contribution < -0.4 is 19.1 Å². The Balaban J connectivity index is 0.00000363. The number of hydrogen-bond donors (Lipinski definition) is 0. The Hall–Kier alpha value is -1.97. The van der Waals surface area contributed by atoms with Gasteiger partial charge in [-0.05, 0) is 32.3 Å². The molecule has 0 saturated heterocycles. The third kappa shape index (κ3) is 6.30. The van der Waals surface area contributed by atoms with Gasteiger partial charge in [-0.1, -0.05) is 34.5 Å². The van der Waals surface area contributed by atoms with Crippen molar-refractivity contribution in [2.75, 3.05) is 52.9 Å². The molecular formula is C21H24Cl3N3O4S. The molecular weight excluding hydrogens is 497 g/mol. The first-order valence-electron chi connectivity index (χ1n) is 9.38. The summed E-state index contributed by atoms with van der Waals surface area (Å²) in [6, 6.07) is 8.52. The Morgan fingerprint density at radius 2 is 1.72 bits per heavy atom. The van der Waals surface area contributed by atoms with Gasteiger partial charge in [0.05, 0.1) is 29.5 Å². The van der Waals surface area contributed by atoms with Gasteiger partial charge >= 0.3 is 0 Å². The van der Waals surface area contributed by atoms with E-state index in [-0.39, 0.29) is 24.9 Å². The van der Waals surface area contributed by atoms with Crippen LogP contribution >= 0.6 is 46.9 Å². The zero-order chi connectivity index (χ0) is 22.5. The smallest absolute Gasteiger partial charge is 0.266 e. The fourth-order valence-corrected chi connectivity index (χ4v) is 4.28. The molecule has 3 aromatic rings. The van der Waals surface area contributed by atoms with Gasteiger partial charge in [-0.25, -0.2) is 4.98 Å². The van der Waals surface area contributed by atoms with Gasteiger partial charge in [0.15, 0.2) is 23.2 Å². The average molecular weight is 521 g/mol. The summed E-state index contributed by atoms with van der Waals surface area (Å²) in [6.07, 6.45) is 0. The van der Waals surface area contributed by atoms with Crippen molar-refractivity contribution in [3.8, 4) is 17.2 Å². The largest absolute Gasteiger partial charge is 0.493 e. The summed E-state index contributed by atoms with van der Waals surface area (Å²) in [7, 11) is 7.04. The number of benzene rings is 2. The van der Waals surface area contributed by atoms with Crippen molar-refractivity contribution < 1.29 is 19.0 Å². The molecule has 11 heteroatoms. The maximum atomic E-state index is 13.1. The summed E-state index contributed by atoms with van der Waals surface area (Å²) < 4.78 is 17.3. The molecule has 7 nitrogen and oxygen atoms in total. The second kappa shape index (κ2) is 11.8. The van der Waals surface area contributed by atoms with Gasteiger partial charge in [0.1, 0.15) is 5.75 Å². The standard InChI is InChI=1S/C21H23Cl2N3O4S.ClH/c1-25(2)7-8-26(20(27)12-30-16-6-5-13(22)9-14(16)23)21-24-15-10-17(28-3)18(29-4)11-19(15)31-21;/h5-6,9-11H,7-8,12H2,1-4H3;1H. The molecule has 32 heavy (non-hydrogen) atoms. The first-order chi connectivity index (χ1) is 14.8. The van der Waals surface area contributed by atoms with E-state index in [2.05, 4.69) is 4.98 Å². The van der Waals surface area contributed by atoms with Gasteiger partial charge in [-0.15, -0.1) is 12.4 Å². The highest BCUT2D eigenvalue weighted by atomic mass is 35.5. The number of amides is 1. The summed E-state index contributed by atoms with van der Waals surface area (Å²) >= 11 is 13.5. The number of ether oxygens (including phenoxy) is 3. The molecule has 0 saturated carbocycles. The number of hydrogen-bond acceptors (Lipinski definition) is 7. The number of rotatable bonds is 9. The van der Waals surface area contributed by atoms with Crippen molar-refractivity contribution in [3.63, 3.8) is 0 Å². The number of likely N-dealkylation sites (N-methyl/N-ethyl adjacent to an activating group) is 1. The number of aromatic nitrogens is 1. The molecule has 1 heterocycles. The Bertz CT molecular complexity index is 1040. The Labute approximate surface area is 207 Å². The Kier molecular flexibility index (Phi) is 9.66. The summed E-state index contributed by atoms with van der Waals surface area (Å²) in [5, 5.41) is 1.42. The van der Waals surface area contributed by atoms with Crippen molar-refractivity contribution in [1.82, 2.24) is 9.88 Å². The second-order valence-electron chi connectivity index (χ2n) is 6.88. The van der Waals surface area contributed by atoms with Gasteiger partial charge in [0.25, 0.3) is 5.91 Å². The third-order valence-corrected chi connectivity index (χ3v) is 6.00. The highest BCUT2D eigenvalue weighted by molar-refractivity contribution is 7.22. The van der Waals surface area contributed by atoms with Crippen LogP contribution in [0, 0.1) is 0 Å². The highest BCUT2D eigenvalue weighted by Gasteiger charge is 2.22. The fourth-order valence-electron chi connectivity index (χ4n) is 2.80. The quantitative estimate of drug-likeness (QED) is 0.395. The third-order valence-electron chi connectivity index (χ3n) is 4.43. The minimum atomic E-state index is -0.231. The van der Waals surface area contributed by atoms with Gasteiger partial charge in [-0.3, -0.25) is 9.69 Å². The van der Waals surface area contributed by atoms with Crippen molar-refractivity contribution >= 4 is 68.2 Å². The van der Waals surface area contributed by atoms with Crippen LogP contribution in [0.3, 0.4) is 0 Å². The van der Waals surface area contributed by atoms with Crippen molar-refractivity contribution in [2.24, 2.45) is 0 Å². The molecule has 0 aliphatic carbocycles. The van der Waals surface area contributed by atoms with Crippen LogP contribution in [0.15, 0.2) is 30.3 Å². The molecule has 1 aromatic heterocycles. The summed E-state index contributed by atoms with van der Waals surface area (Å²) in [4.78, 5) is 21.3. The molecule has 0 aliphatic heterocycles. The summed E-state index contributed by atoms with van der Waals surface area (Å²) in [6.45, 7) is 0.936. The first-order valence-corrected chi connectivity index (χ1v) is 10.9. The van der Waals surface area contributed by atoms with Crippen LogP contribution in [0.25, 0.3) is 10.2 Å². The summed E-state index contributed by atoms with van der Waals surface area (Å²) in [5.41, 5.74) is 0.724. The van der Waals surface area contributed by atoms with E-state index < -0.39 is 0 Å². The summed E-state index contributed by atoms with van der Waals surface area (Å²) in [5.74, 6) is 1.35. The minimum absolute atomic E-state index is 0. The van der Waals surface area contributed by atoms with Crippen LogP contribution in [0.4, 0.5) is 5.13 Å². The highest BCUT2D eigenvalue weighted by Crippen LogP contribution is 2.37. The number of thiazole rings is 1. The molecule has 2 aromatic carbocycles. The second-order valence-corrected chi connectivity index (χ2v) is 8.74. The van der Waals surface area contributed by atoms with Crippen LogP contribution in [-0.4, -0.2) is 63.8 Å². The predicted molar refractivity (Wildman–Crippen MR) is 133 cm³/mol. The zero-order valence-electron chi connectivity index (χ0n) is 18.1. The van der Waals surface area contributed by atoms with E-state index in [1.165, 1.54) is 11.3 Å². The maximum absolute atomic E-state index is 13.1. The van der Waals surface area contributed by atoms with Crippen molar-refractivity contribution in [3.05, 3.63) is 40.4 Å². The van der Waals surface area contributed by atoms with Crippen LogP contribution in [-0.2, 0) is 4.79 Å². The molecule has 1 amide bonds. The van der Waals surface area contributed by atoms with E-state index in [0.29, 0.717) is 45.5 Å². The molecule has 0 bridgehead atoms. The van der Waals surface area contributed by atoms with E-state index in [1.54, 1.807) is 43.4 Å². The maximum Gasteiger partial charge on any atom is 0.266 e. The molecule has 174 valence electrons. The normalized spacial score (nSPS) is 10.7. The average Bonchev–Trinajstić information content (AvgIpc) is 3.14. The van der Waals surface area contributed by atoms with Crippen molar-refractivity contribution in [1.29, 1.82) is 0 Å². The molecule has 0 spiro atoms. The Morgan fingerprint density at radius 3 is 2.34 bits per heavy atom. The number of methoxy groups -OCH3 is 2. The van der Waals surface area contributed by atoms with E-state index in [9.17, 15) is 4.79 Å². The number of nitrogens with zero attached hydrogens (tertiary/aromatic N) is 3. The van der Waals surface area contributed by atoms with E-state index >= 15 is 0 Å². The predicted octanol–water partition coefficient (Wildman–Crippen LogP) is 5.02. The molecule has 0 unspecified atom stereocenters. The lowest BCUT2D eigenvalue weighted by Gasteiger charge is -2.22. The van der Waals surface area contributed by atoms with Gasteiger partial charge in [0, 0.05) is 30.2 Å². The lowest BCUT2D eigenvalue weighted by Crippen LogP contribution is -2.39. The lowest BCUT2D eigenvalue weighted by molar-refractivity contribution is -0.120. The number of carbonyl (C=O) groups excluding carboxylic acids is 1. The zero-order valence-corrected chi connectivity index (χ0v) is 21.2. The van der Waals surface area contributed by atoms with E-state index in [1.807, 2.05) is 25.1 Å². The molecule has 0 atom stereocenters. The van der Waals surface area contributed by atoms with E-state index in [4.69, 9.17) is 37.4 Å². The van der Waals surface area contributed by atoms with Crippen LogP contribution in [0.5, 0.6) is 17.2 Å². The van der Waals surface area contributed by atoms with E-state index in [0.717, 1.165) is 10.2 Å². The number of anilines is 1. The Morgan fingerprint density at radius 1 is 1.03 bits per heavy atom. The molecule has 0 N–H and O–H groups in total.